The Bertz CT molecular complexity index is 320. The number of nitrogens with zero attached hydrogens (tertiary/aromatic N) is 2. The highest BCUT2D eigenvalue weighted by atomic mass is 16.6. The minimum Gasteiger partial charge on any atom is -0.444 e. The third-order valence-electron chi connectivity index (χ3n) is 2.82. The van der Waals surface area contributed by atoms with E-state index < -0.39 is 11.2 Å². The normalized spacial score (nSPS) is 19.6. The minimum atomic E-state index is -0.738. The number of likely N-dealkylation sites (tertiary alicyclic amines) is 1. The number of piperidine rings is 1. The van der Waals surface area contributed by atoms with Crippen LogP contribution in [-0.4, -0.2) is 42.4 Å². The van der Waals surface area contributed by atoms with Crippen molar-refractivity contribution >= 4 is 6.09 Å². The first-order valence-corrected chi connectivity index (χ1v) is 5.76. The molecule has 0 radical (unpaired) electrons. The summed E-state index contributed by atoms with van der Waals surface area (Å²) in [6, 6.07) is 2.17. The molecule has 0 saturated carbocycles. The molecule has 0 spiro atoms. The van der Waals surface area contributed by atoms with Crippen molar-refractivity contribution in [1.82, 2.24) is 4.90 Å². The first kappa shape index (κ1) is 13.8. The van der Waals surface area contributed by atoms with E-state index >= 15 is 0 Å². The number of methoxy groups -OCH3 is 1. The van der Waals surface area contributed by atoms with E-state index in [2.05, 4.69) is 6.07 Å². The van der Waals surface area contributed by atoms with Crippen LogP contribution in [0.25, 0.3) is 0 Å². The molecular weight excluding hydrogens is 220 g/mol. The highest BCUT2D eigenvalue weighted by Crippen LogP contribution is 2.25. The van der Waals surface area contributed by atoms with E-state index in [1.807, 2.05) is 20.8 Å². The van der Waals surface area contributed by atoms with Crippen LogP contribution in [0.5, 0.6) is 0 Å². The average Bonchev–Trinajstić information content (AvgIpc) is 2.27. The molecule has 96 valence electrons. The van der Waals surface area contributed by atoms with Crippen LogP contribution in [-0.2, 0) is 9.47 Å². The Morgan fingerprint density at radius 3 is 2.24 bits per heavy atom. The molecule has 1 heterocycles. The molecule has 0 aromatic carbocycles. The zero-order valence-corrected chi connectivity index (χ0v) is 10.9. The molecule has 1 aliphatic rings. The van der Waals surface area contributed by atoms with E-state index in [4.69, 9.17) is 14.7 Å². The van der Waals surface area contributed by atoms with Gasteiger partial charge >= 0.3 is 6.09 Å². The van der Waals surface area contributed by atoms with Crippen LogP contribution in [0.15, 0.2) is 0 Å². The second-order valence-electron chi connectivity index (χ2n) is 5.28. The molecule has 1 amide bonds. The van der Waals surface area contributed by atoms with Gasteiger partial charge in [0, 0.05) is 33.0 Å². The molecule has 5 heteroatoms. The number of carbonyl (C=O) groups is 1. The van der Waals surface area contributed by atoms with Gasteiger partial charge in [-0.25, -0.2) is 4.79 Å². The van der Waals surface area contributed by atoms with Crippen LogP contribution in [0.1, 0.15) is 33.6 Å². The Morgan fingerprint density at radius 2 is 1.88 bits per heavy atom. The first-order chi connectivity index (χ1) is 7.82. The molecule has 5 nitrogen and oxygen atoms in total. The fourth-order valence-electron chi connectivity index (χ4n) is 1.74. The van der Waals surface area contributed by atoms with Gasteiger partial charge in [0.1, 0.15) is 5.60 Å². The van der Waals surface area contributed by atoms with Gasteiger partial charge in [0.25, 0.3) is 0 Å². The van der Waals surface area contributed by atoms with Gasteiger partial charge in [-0.3, -0.25) is 0 Å². The van der Waals surface area contributed by atoms with Crippen molar-refractivity contribution in [3.8, 4) is 6.07 Å². The summed E-state index contributed by atoms with van der Waals surface area (Å²) in [6.45, 7) is 6.50. The quantitative estimate of drug-likeness (QED) is 0.702. The fourth-order valence-corrected chi connectivity index (χ4v) is 1.74. The Labute approximate surface area is 102 Å². The Hall–Kier alpha value is -1.28. The number of amides is 1. The lowest BCUT2D eigenvalue weighted by molar-refractivity contribution is -0.0261. The van der Waals surface area contributed by atoms with Crippen molar-refractivity contribution in [3.05, 3.63) is 0 Å². The third kappa shape index (κ3) is 3.60. The van der Waals surface area contributed by atoms with Gasteiger partial charge in [0.05, 0.1) is 6.07 Å². The Balaban J connectivity index is 2.53. The van der Waals surface area contributed by atoms with Gasteiger partial charge in [-0.15, -0.1) is 0 Å². The smallest absolute Gasteiger partial charge is 0.410 e. The second kappa shape index (κ2) is 4.92. The van der Waals surface area contributed by atoms with Crippen molar-refractivity contribution in [3.63, 3.8) is 0 Å². The SMILES string of the molecule is COC1(C#N)CCN(C(=O)OC(C)(C)C)CC1. The lowest BCUT2D eigenvalue weighted by atomic mass is 9.93. The summed E-state index contributed by atoms with van der Waals surface area (Å²) in [6.07, 6.45) is 0.735. The van der Waals surface area contributed by atoms with E-state index in [0.29, 0.717) is 25.9 Å². The molecule has 0 atom stereocenters. The molecule has 1 saturated heterocycles. The van der Waals surface area contributed by atoms with Gasteiger partial charge in [-0.05, 0) is 20.8 Å². The molecule has 1 fully saturated rings. The summed E-state index contributed by atoms with van der Waals surface area (Å²) in [4.78, 5) is 13.4. The maximum atomic E-state index is 11.8. The standard InChI is InChI=1S/C12H20N2O3/c1-11(2,3)17-10(15)14-7-5-12(9-13,16-4)6-8-14/h5-8H2,1-4H3. The van der Waals surface area contributed by atoms with Gasteiger partial charge in [-0.1, -0.05) is 0 Å². The van der Waals surface area contributed by atoms with E-state index in [1.165, 1.54) is 7.11 Å². The van der Waals surface area contributed by atoms with Crippen molar-refractivity contribution in [1.29, 1.82) is 5.26 Å². The van der Waals surface area contributed by atoms with Crippen LogP contribution in [0, 0.1) is 11.3 Å². The summed E-state index contributed by atoms with van der Waals surface area (Å²) in [7, 11) is 1.53. The van der Waals surface area contributed by atoms with Crippen molar-refractivity contribution in [2.45, 2.75) is 44.8 Å². The fraction of sp³-hybridized carbons (Fsp3) is 0.833. The highest BCUT2D eigenvalue weighted by Gasteiger charge is 2.37. The molecular formula is C12H20N2O3. The van der Waals surface area contributed by atoms with Gasteiger partial charge in [-0.2, -0.15) is 5.26 Å². The molecule has 0 aliphatic carbocycles. The summed E-state index contributed by atoms with van der Waals surface area (Å²) < 4.78 is 10.5. The Morgan fingerprint density at radius 1 is 1.35 bits per heavy atom. The number of ether oxygens (including phenoxy) is 2. The van der Waals surface area contributed by atoms with Crippen LogP contribution >= 0.6 is 0 Å². The van der Waals surface area contributed by atoms with Crippen LogP contribution < -0.4 is 0 Å². The predicted molar refractivity (Wildman–Crippen MR) is 62.4 cm³/mol. The maximum absolute atomic E-state index is 11.8. The maximum Gasteiger partial charge on any atom is 0.410 e. The minimum absolute atomic E-state index is 0.319. The topological polar surface area (TPSA) is 62.6 Å². The molecule has 1 aliphatic heterocycles. The van der Waals surface area contributed by atoms with E-state index in [-0.39, 0.29) is 6.09 Å². The first-order valence-electron chi connectivity index (χ1n) is 5.76. The molecule has 0 N–H and O–H groups in total. The number of rotatable bonds is 1. The molecule has 0 aromatic heterocycles. The van der Waals surface area contributed by atoms with E-state index in [1.54, 1.807) is 4.90 Å². The second-order valence-corrected chi connectivity index (χ2v) is 5.28. The zero-order valence-electron chi connectivity index (χ0n) is 10.9. The number of hydrogen-bond acceptors (Lipinski definition) is 4. The molecule has 0 bridgehead atoms. The molecule has 1 rings (SSSR count). The number of hydrogen-bond donors (Lipinski definition) is 0. The van der Waals surface area contributed by atoms with Crippen LogP contribution in [0.4, 0.5) is 4.79 Å². The molecule has 17 heavy (non-hydrogen) atoms. The van der Waals surface area contributed by atoms with Gasteiger partial charge in [0.2, 0.25) is 0 Å². The van der Waals surface area contributed by atoms with Gasteiger partial charge in [0.15, 0.2) is 5.60 Å². The van der Waals surface area contributed by atoms with Gasteiger partial charge < -0.3 is 14.4 Å². The van der Waals surface area contributed by atoms with E-state index in [9.17, 15) is 4.79 Å². The molecule has 0 unspecified atom stereocenters. The lowest BCUT2D eigenvalue weighted by Gasteiger charge is -2.36. The predicted octanol–water partition coefficient (Wildman–Crippen LogP) is 1.93. The zero-order chi connectivity index (χ0) is 13.1. The van der Waals surface area contributed by atoms with E-state index in [0.717, 1.165) is 0 Å². The highest BCUT2D eigenvalue weighted by molar-refractivity contribution is 5.68. The van der Waals surface area contributed by atoms with Crippen molar-refractivity contribution in [2.75, 3.05) is 20.2 Å². The summed E-state index contributed by atoms with van der Waals surface area (Å²) in [5.74, 6) is 0. The lowest BCUT2D eigenvalue weighted by Crippen LogP contribution is -2.48. The summed E-state index contributed by atoms with van der Waals surface area (Å²) >= 11 is 0. The van der Waals surface area contributed by atoms with Crippen LogP contribution in [0.3, 0.4) is 0 Å². The summed E-state index contributed by atoms with van der Waals surface area (Å²) in [5.41, 5.74) is -1.22. The Kier molecular flexibility index (Phi) is 3.99. The van der Waals surface area contributed by atoms with Crippen molar-refractivity contribution < 1.29 is 14.3 Å². The van der Waals surface area contributed by atoms with Crippen molar-refractivity contribution in [2.24, 2.45) is 0 Å². The van der Waals surface area contributed by atoms with Crippen LogP contribution in [0.2, 0.25) is 0 Å². The number of carbonyl (C=O) groups excluding carboxylic acids is 1. The largest absolute Gasteiger partial charge is 0.444 e. The third-order valence-corrected chi connectivity index (χ3v) is 2.82. The number of nitriles is 1. The summed E-state index contributed by atoms with van der Waals surface area (Å²) in [5, 5.41) is 9.04. The monoisotopic (exact) mass is 240 g/mol. The molecule has 0 aromatic rings. The average molecular weight is 240 g/mol.